The Bertz CT molecular complexity index is 577. The average molecular weight is 395 g/mol. The summed E-state index contributed by atoms with van der Waals surface area (Å²) < 4.78 is 1.01. The summed E-state index contributed by atoms with van der Waals surface area (Å²) in [5.74, 6) is -0.332. The number of rotatable bonds is 4. The monoisotopic (exact) mass is 393 g/mol. The van der Waals surface area contributed by atoms with Crippen LogP contribution in [0.5, 0.6) is 0 Å². The summed E-state index contributed by atoms with van der Waals surface area (Å²) in [7, 11) is 0. The maximum absolute atomic E-state index is 10.6. The van der Waals surface area contributed by atoms with Crippen LogP contribution >= 0.6 is 50.5 Å². The second kappa shape index (κ2) is 6.77. The van der Waals surface area contributed by atoms with Gasteiger partial charge < -0.3 is 10.8 Å². The van der Waals surface area contributed by atoms with Crippen molar-refractivity contribution < 1.29 is 5.11 Å². The summed E-state index contributed by atoms with van der Waals surface area (Å²) in [6.45, 7) is 2.25. The van der Waals surface area contributed by atoms with Crippen LogP contribution in [0.4, 0.5) is 0 Å². The highest BCUT2D eigenvalue weighted by Crippen LogP contribution is 2.41. The number of aliphatic hydroxyl groups is 1. The molecule has 2 rings (SSSR count). The maximum Gasteiger partial charge on any atom is 0.0963 e. The van der Waals surface area contributed by atoms with E-state index in [4.69, 9.17) is 28.9 Å². The van der Waals surface area contributed by atoms with Gasteiger partial charge in [0.25, 0.3) is 0 Å². The molecule has 108 valence electrons. The van der Waals surface area contributed by atoms with E-state index < -0.39 is 6.10 Å². The van der Waals surface area contributed by atoms with Gasteiger partial charge in [-0.2, -0.15) is 0 Å². The van der Waals surface area contributed by atoms with Crippen LogP contribution in [0.15, 0.2) is 28.1 Å². The summed E-state index contributed by atoms with van der Waals surface area (Å²) in [6.07, 6.45) is -0.729. The molecule has 2 unspecified atom stereocenters. The lowest BCUT2D eigenvalue weighted by Gasteiger charge is -2.23. The van der Waals surface area contributed by atoms with E-state index in [-0.39, 0.29) is 12.5 Å². The molecule has 0 aliphatic heterocycles. The SMILES string of the molecule is Cc1cc(C(O)C(CN)c2c(Cl)cccc2Cl)sc1Br. The number of aryl methyl sites for hydroxylation is 1. The van der Waals surface area contributed by atoms with Crippen molar-refractivity contribution in [2.75, 3.05) is 6.54 Å². The second-order valence-corrected chi connectivity index (χ2v) is 7.74. The molecule has 0 saturated carbocycles. The normalized spacial score (nSPS) is 14.3. The smallest absolute Gasteiger partial charge is 0.0963 e. The Morgan fingerprint density at radius 2 is 1.95 bits per heavy atom. The Hall–Kier alpha value is -0.100. The van der Waals surface area contributed by atoms with Crippen molar-refractivity contribution in [1.29, 1.82) is 0 Å². The van der Waals surface area contributed by atoms with Crippen LogP contribution in [-0.4, -0.2) is 11.7 Å². The van der Waals surface area contributed by atoms with Crippen molar-refractivity contribution in [3.05, 3.63) is 54.1 Å². The van der Waals surface area contributed by atoms with Crippen molar-refractivity contribution in [3.8, 4) is 0 Å². The summed E-state index contributed by atoms with van der Waals surface area (Å²) in [5.41, 5.74) is 7.63. The minimum Gasteiger partial charge on any atom is -0.387 e. The highest BCUT2D eigenvalue weighted by Gasteiger charge is 2.27. The van der Waals surface area contributed by atoms with Crippen LogP contribution < -0.4 is 5.73 Å². The maximum atomic E-state index is 10.6. The summed E-state index contributed by atoms with van der Waals surface area (Å²) in [6, 6.07) is 7.24. The fourth-order valence-electron chi connectivity index (χ4n) is 2.10. The molecule has 0 aliphatic rings. The van der Waals surface area contributed by atoms with Crippen molar-refractivity contribution >= 4 is 50.5 Å². The van der Waals surface area contributed by atoms with Crippen molar-refractivity contribution in [2.45, 2.75) is 18.9 Å². The van der Waals surface area contributed by atoms with Crippen LogP contribution in [0.2, 0.25) is 10.0 Å². The second-order valence-electron chi connectivity index (χ2n) is 4.53. The van der Waals surface area contributed by atoms with Gasteiger partial charge in [0.1, 0.15) is 0 Å². The molecular formula is C14H14BrCl2NOS. The van der Waals surface area contributed by atoms with Gasteiger partial charge >= 0.3 is 0 Å². The highest BCUT2D eigenvalue weighted by atomic mass is 79.9. The van der Waals surface area contributed by atoms with E-state index >= 15 is 0 Å². The fourth-order valence-corrected chi connectivity index (χ4v) is 4.40. The largest absolute Gasteiger partial charge is 0.387 e. The summed E-state index contributed by atoms with van der Waals surface area (Å²) in [4.78, 5) is 0.848. The number of nitrogens with two attached hydrogens (primary N) is 1. The molecule has 1 heterocycles. The van der Waals surface area contributed by atoms with Crippen LogP contribution in [0.25, 0.3) is 0 Å². The van der Waals surface area contributed by atoms with Gasteiger partial charge in [-0.1, -0.05) is 29.3 Å². The van der Waals surface area contributed by atoms with Gasteiger partial charge in [0.2, 0.25) is 0 Å². The van der Waals surface area contributed by atoms with Gasteiger partial charge in [0.05, 0.1) is 9.89 Å². The molecule has 0 spiro atoms. The molecule has 1 aromatic heterocycles. The molecular weight excluding hydrogens is 381 g/mol. The predicted octanol–water partition coefficient (Wildman–Crippen LogP) is 4.90. The number of benzene rings is 1. The molecule has 0 bridgehead atoms. The first kappa shape index (κ1) is 16.3. The predicted molar refractivity (Wildman–Crippen MR) is 90.0 cm³/mol. The van der Waals surface area contributed by atoms with Crippen molar-refractivity contribution in [3.63, 3.8) is 0 Å². The van der Waals surface area contributed by atoms with Crippen molar-refractivity contribution in [1.82, 2.24) is 0 Å². The van der Waals surface area contributed by atoms with Gasteiger partial charge in [0.15, 0.2) is 0 Å². The Morgan fingerprint density at radius 1 is 1.35 bits per heavy atom. The lowest BCUT2D eigenvalue weighted by molar-refractivity contribution is 0.151. The number of hydrogen-bond donors (Lipinski definition) is 2. The zero-order chi connectivity index (χ0) is 14.9. The minimum absolute atomic E-state index is 0.263. The lowest BCUT2D eigenvalue weighted by atomic mass is 9.92. The third-order valence-electron chi connectivity index (χ3n) is 3.17. The van der Waals surface area contributed by atoms with E-state index in [1.165, 1.54) is 11.3 Å². The van der Waals surface area contributed by atoms with E-state index in [1.807, 2.05) is 13.0 Å². The molecule has 2 atom stereocenters. The molecule has 20 heavy (non-hydrogen) atoms. The third-order valence-corrected chi connectivity index (χ3v) is 6.04. The lowest BCUT2D eigenvalue weighted by Crippen LogP contribution is -2.20. The zero-order valence-electron chi connectivity index (χ0n) is 10.7. The van der Waals surface area contributed by atoms with E-state index in [2.05, 4.69) is 15.9 Å². The molecule has 1 aromatic carbocycles. The first-order chi connectivity index (χ1) is 9.45. The number of aliphatic hydroxyl groups excluding tert-OH is 1. The number of halogens is 3. The average Bonchev–Trinajstić information content (AvgIpc) is 2.73. The van der Waals surface area contributed by atoms with Crippen LogP contribution in [0, 0.1) is 6.92 Å². The highest BCUT2D eigenvalue weighted by molar-refractivity contribution is 9.11. The third kappa shape index (κ3) is 3.21. The quantitative estimate of drug-likeness (QED) is 0.774. The zero-order valence-corrected chi connectivity index (χ0v) is 14.7. The molecule has 0 fully saturated rings. The van der Waals surface area contributed by atoms with Gasteiger partial charge in [-0.15, -0.1) is 11.3 Å². The molecule has 0 radical (unpaired) electrons. The van der Waals surface area contributed by atoms with Crippen molar-refractivity contribution in [2.24, 2.45) is 5.73 Å². The van der Waals surface area contributed by atoms with E-state index in [1.54, 1.807) is 18.2 Å². The summed E-state index contributed by atoms with van der Waals surface area (Å²) >= 11 is 17.4. The molecule has 2 aromatic rings. The Balaban J connectivity index is 2.42. The Kier molecular flexibility index (Phi) is 5.51. The number of hydrogen-bond acceptors (Lipinski definition) is 3. The van der Waals surface area contributed by atoms with Crippen LogP contribution in [-0.2, 0) is 0 Å². The number of thiophene rings is 1. The molecule has 0 amide bonds. The Labute approximate surface area is 140 Å². The molecule has 6 heteroatoms. The minimum atomic E-state index is -0.729. The van der Waals surface area contributed by atoms with Crippen LogP contribution in [0.3, 0.4) is 0 Å². The van der Waals surface area contributed by atoms with Gasteiger partial charge in [-0.3, -0.25) is 0 Å². The van der Waals surface area contributed by atoms with E-state index in [0.29, 0.717) is 15.6 Å². The van der Waals surface area contributed by atoms with Gasteiger partial charge in [0, 0.05) is 27.4 Å². The molecule has 2 nitrogen and oxygen atoms in total. The summed E-state index contributed by atoms with van der Waals surface area (Å²) in [5, 5.41) is 11.7. The molecule has 3 N–H and O–H groups in total. The molecule has 0 saturated heterocycles. The first-order valence-electron chi connectivity index (χ1n) is 6.03. The fraction of sp³-hybridized carbons (Fsp3) is 0.286. The van der Waals surface area contributed by atoms with Crippen LogP contribution in [0.1, 0.15) is 28.0 Å². The van der Waals surface area contributed by atoms with Gasteiger partial charge in [-0.25, -0.2) is 0 Å². The standard InChI is InChI=1S/C14H14BrCl2NOS/c1-7-5-11(20-14(7)15)13(19)8(6-18)12-9(16)3-2-4-10(12)17/h2-5,8,13,19H,6,18H2,1H3. The Morgan fingerprint density at radius 3 is 2.40 bits per heavy atom. The first-order valence-corrected chi connectivity index (χ1v) is 8.40. The van der Waals surface area contributed by atoms with E-state index in [9.17, 15) is 5.11 Å². The molecule has 0 aliphatic carbocycles. The topological polar surface area (TPSA) is 46.2 Å². The van der Waals surface area contributed by atoms with Gasteiger partial charge in [-0.05, 0) is 52.2 Å². The van der Waals surface area contributed by atoms with E-state index in [0.717, 1.165) is 14.2 Å².